The normalized spacial score (nSPS) is 21.0. The Kier molecular flexibility index (Phi) is 4.59. The van der Waals surface area contributed by atoms with Crippen molar-refractivity contribution in [3.05, 3.63) is 42.5 Å². The van der Waals surface area contributed by atoms with Gasteiger partial charge >= 0.3 is 0 Å². The van der Waals surface area contributed by atoms with E-state index >= 15 is 0 Å². The van der Waals surface area contributed by atoms with Crippen LogP contribution in [0.3, 0.4) is 0 Å². The van der Waals surface area contributed by atoms with Crippen molar-refractivity contribution in [2.75, 3.05) is 13.2 Å². The van der Waals surface area contributed by atoms with Crippen LogP contribution >= 0.6 is 0 Å². The summed E-state index contributed by atoms with van der Waals surface area (Å²) >= 11 is 0. The average molecular weight is 298 g/mol. The first kappa shape index (κ1) is 14.9. The van der Waals surface area contributed by atoms with Crippen LogP contribution in [-0.2, 0) is 4.79 Å². The maximum atomic E-state index is 12.1. The number of carbonyl (C=O) groups is 1. The van der Waals surface area contributed by atoms with Crippen LogP contribution in [0.25, 0.3) is 10.8 Å². The van der Waals surface area contributed by atoms with Gasteiger partial charge in [0.2, 0.25) is 0 Å². The number of benzene rings is 2. The van der Waals surface area contributed by atoms with Gasteiger partial charge in [0.25, 0.3) is 5.91 Å². The lowest BCUT2D eigenvalue weighted by Gasteiger charge is -2.19. The first-order chi connectivity index (χ1) is 10.8. The third-order valence-corrected chi connectivity index (χ3v) is 4.42. The molecule has 2 aromatic carbocycles. The van der Waals surface area contributed by atoms with Crippen molar-refractivity contribution >= 4 is 16.7 Å². The highest BCUT2D eigenvalue weighted by Gasteiger charge is 2.27. The second kappa shape index (κ2) is 6.79. The molecule has 3 N–H and O–H groups in total. The SMILES string of the molecule is NCC1CCCC1NC(=O)COc1cccc2ccccc12. The molecule has 1 saturated carbocycles. The van der Waals surface area contributed by atoms with Gasteiger partial charge in [0.15, 0.2) is 6.61 Å². The van der Waals surface area contributed by atoms with Crippen LogP contribution in [-0.4, -0.2) is 25.1 Å². The van der Waals surface area contributed by atoms with Crippen LogP contribution < -0.4 is 15.8 Å². The highest BCUT2D eigenvalue weighted by molar-refractivity contribution is 5.88. The van der Waals surface area contributed by atoms with Crippen LogP contribution in [0, 0.1) is 5.92 Å². The molecule has 1 aliphatic rings. The smallest absolute Gasteiger partial charge is 0.258 e. The Morgan fingerprint density at radius 1 is 1.18 bits per heavy atom. The van der Waals surface area contributed by atoms with E-state index in [9.17, 15) is 4.79 Å². The zero-order chi connectivity index (χ0) is 15.4. The number of hydrogen-bond acceptors (Lipinski definition) is 3. The van der Waals surface area contributed by atoms with Gasteiger partial charge in [-0.1, -0.05) is 42.8 Å². The van der Waals surface area contributed by atoms with E-state index in [2.05, 4.69) is 5.32 Å². The van der Waals surface area contributed by atoms with Crippen LogP contribution in [0.2, 0.25) is 0 Å². The maximum absolute atomic E-state index is 12.1. The Bertz CT molecular complexity index is 651. The van der Waals surface area contributed by atoms with Gasteiger partial charge in [-0.25, -0.2) is 0 Å². The minimum atomic E-state index is -0.0710. The molecule has 2 atom stereocenters. The average Bonchev–Trinajstić information content (AvgIpc) is 3.00. The lowest BCUT2D eigenvalue weighted by molar-refractivity contribution is -0.124. The van der Waals surface area contributed by atoms with Crippen LogP contribution in [0.15, 0.2) is 42.5 Å². The minimum absolute atomic E-state index is 0.0435. The van der Waals surface area contributed by atoms with E-state index in [1.807, 2.05) is 42.5 Å². The van der Waals surface area contributed by atoms with Crippen molar-refractivity contribution in [2.24, 2.45) is 11.7 Å². The van der Waals surface area contributed by atoms with Gasteiger partial charge in [-0.2, -0.15) is 0 Å². The fourth-order valence-corrected chi connectivity index (χ4v) is 3.22. The first-order valence-electron chi connectivity index (χ1n) is 7.88. The molecule has 3 rings (SSSR count). The Morgan fingerprint density at radius 2 is 2.00 bits per heavy atom. The first-order valence-corrected chi connectivity index (χ1v) is 7.88. The predicted molar refractivity (Wildman–Crippen MR) is 87.8 cm³/mol. The topological polar surface area (TPSA) is 64.3 Å². The Labute approximate surface area is 130 Å². The number of rotatable bonds is 5. The van der Waals surface area contributed by atoms with E-state index in [0.717, 1.165) is 35.8 Å². The van der Waals surface area contributed by atoms with Crippen molar-refractivity contribution in [1.82, 2.24) is 5.32 Å². The summed E-state index contributed by atoms with van der Waals surface area (Å²) in [5.41, 5.74) is 5.74. The lowest BCUT2D eigenvalue weighted by atomic mass is 10.0. The maximum Gasteiger partial charge on any atom is 0.258 e. The van der Waals surface area contributed by atoms with Crippen molar-refractivity contribution in [3.63, 3.8) is 0 Å². The molecular weight excluding hydrogens is 276 g/mol. The second-order valence-corrected chi connectivity index (χ2v) is 5.87. The monoisotopic (exact) mass is 298 g/mol. The fraction of sp³-hybridized carbons (Fsp3) is 0.389. The molecule has 0 aromatic heterocycles. The van der Waals surface area contributed by atoms with E-state index in [4.69, 9.17) is 10.5 Å². The van der Waals surface area contributed by atoms with Gasteiger partial charge in [-0.3, -0.25) is 4.79 Å². The molecule has 2 unspecified atom stereocenters. The van der Waals surface area contributed by atoms with E-state index in [-0.39, 0.29) is 18.6 Å². The van der Waals surface area contributed by atoms with Gasteiger partial charge in [0.1, 0.15) is 5.75 Å². The number of nitrogens with two attached hydrogens (primary N) is 1. The fourth-order valence-electron chi connectivity index (χ4n) is 3.22. The molecule has 22 heavy (non-hydrogen) atoms. The van der Waals surface area contributed by atoms with Crippen molar-refractivity contribution < 1.29 is 9.53 Å². The van der Waals surface area contributed by atoms with Crippen LogP contribution in [0.4, 0.5) is 0 Å². The summed E-state index contributed by atoms with van der Waals surface area (Å²) < 4.78 is 5.72. The van der Waals surface area contributed by atoms with Crippen LogP contribution in [0.5, 0.6) is 5.75 Å². The molecule has 1 fully saturated rings. The molecular formula is C18H22N2O2. The van der Waals surface area contributed by atoms with Gasteiger partial charge in [-0.15, -0.1) is 0 Å². The molecule has 4 nitrogen and oxygen atoms in total. The Hall–Kier alpha value is -2.07. The van der Waals surface area contributed by atoms with Gasteiger partial charge < -0.3 is 15.8 Å². The number of nitrogens with one attached hydrogen (secondary N) is 1. The summed E-state index contributed by atoms with van der Waals surface area (Å²) in [5.74, 6) is 1.08. The van der Waals surface area contributed by atoms with Crippen molar-refractivity contribution in [2.45, 2.75) is 25.3 Å². The van der Waals surface area contributed by atoms with E-state index in [0.29, 0.717) is 12.5 Å². The summed E-state index contributed by atoms with van der Waals surface area (Å²) in [5, 5.41) is 5.19. The Balaban J connectivity index is 1.60. The summed E-state index contributed by atoms with van der Waals surface area (Å²) in [6.07, 6.45) is 3.25. The molecule has 0 aliphatic heterocycles. The number of amides is 1. The third kappa shape index (κ3) is 3.22. The number of fused-ring (bicyclic) bond motifs is 1. The summed E-state index contributed by atoms with van der Waals surface area (Å²) in [7, 11) is 0. The van der Waals surface area contributed by atoms with Crippen molar-refractivity contribution in [1.29, 1.82) is 0 Å². The number of carbonyl (C=O) groups excluding carboxylic acids is 1. The predicted octanol–water partition coefficient (Wildman–Crippen LogP) is 2.46. The zero-order valence-electron chi connectivity index (χ0n) is 12.6. The summed E-state index contributed by atoms with van der Waals surface area (Å²) in [6, 6.07) is 14.1. The largest absolute Gasteiger partial charge is 0.483 e. The third-order valence-electron chi connectivity index (χ3n) is 4.42. The molecule has 1 aliphatic carbocycles. The molecule has 0 saturated heterocycles. The molecule has 0 radical (unpaired) electrons. The minimum Gasteiger partial charge on any atom is -0.483 e. The highest BCUT2D eigenvalue weighted by atomic mass is 16.5. The summed E-state index contributed by atoms with van der Waals surface area (Å²) in [6.45, 7) is 0.678. The quantitative estimate of drug-likeness (QED) is 0.891. The van der Waals surface area contributed by atoms with Gasteiger partial charge in [0, 0.05) is 11.4 Å². The van der Waals surface area contributed by atoms with Crippen molar-refractivity contribution in [3.8, 4) is 5.75 Å². The zero-order valence-corrected chi connectivity index (χ0v) is 12.6. The molecule has 116 valence electrons. The molecule has 4 heteroatoms. The molecule has 2 aromatic rings. The molecule has 0 bridgehead atoms. The lowest BCUT2D eigenvalue weighted by Crippen LogP contribution is -2.42. The van der Waals surface area contributed by atoms with E-state index in [1.54, 1.807) is 0 Å². The molecule has 0 spiro atoms. The van der Waals surface area contributed by atoms with E-state index < -0.39 is 0 Å². The van der Waals surface area contributed by atoms with Crippen LogP contribution in [0.1, 0.15) is 19.3 Å². The van der Waals surface area contributed by atoms with E-state index in [1.165, 1.54) is 0 Å². The number of hydrogen-bond donors (Lipinski definition) is 2. The molecule has 0 heterocycles. The number of ether oxygens (including phenoxy) is 1. The molecule has 1 amide bonds. The van der Waals surface area contributed by atoms with Gasteiger partial charge in [-0.05, 0) is 36.8 Å². The highest BCUT2D eigenvalue weighted by Crippen LogP contribution is 2.26. The Morgan fingerprint density at radius 3 is 2.86 bits per heavy atom. The van der Waals surface area contributed by atoms with Gasteiger partial charge in [0.05, 0.1) is 0 Å². The standard InChI is InChI=1S/C18H22N2O2/c19-11-14-7-3-9-16(14)20-18(21)12-22-17-10-4-6-13-5-1-2-8-15(13)17/h1-2,4-6,8,10,14,16H,3,7,9,11-12,19H2,(H,20,21). The summed E-state index contributed by atoms with van der Waals surface area (Å²) in [4.78, 5) is 12.1. The second-order valence-electron chi connectivity index (χ2n) is 5.87.